The van der Waals surface area contributed by atoms with Gasteiger partial charge in [0, 0.05) is 11.4 Å². The number of halogens is 2. The molecule has 1 N–H and O–H groups in total. The molecule has 9 nitrogen and oxygen atoms in total. The maximum Gasteiger partial charge on any atom is 0.387 e. The summed E-state index contributed by atoms with van der Waals surface area (Å²) in [6, 6.07) is 7.41. The summed E-state index contributed by atoms with van der Waals surface area (Å²) in [4.78, 5) is 32.2. The Morgan fingerprint density at radius 1 is 1.21 bits per heavy atom. The number of amides is 1. The highest BCUT2D eigenvalue weighted by Gasteiger charge is 2.18. The molecular formula is C17H15F2N5O4. The number of fused-ring (bicyclic) bond motifs is 1. The Balaban J connectivity index is 1.64. The molecule has 0 radical (unpaired) electrons. The topological polar surface area (TPSA) is 108 Å². The number of aryl methyl sites for hydroxylation is 2. The number of benzene rings is 1. The number of hydrogen-bond donors (Lipinski definition) is 1. The molecule has 0 aliphatic heterocycles. The van der Waals surface area contributed by atoms with E-state index in [1.54, 1.807) is 19.9 Å². The Morgan fingerprint density at radius 3 is 2.71 bits per heavy atom. The van der Waals surface area contributed by atoms with Crippen LogP contribution >= 0.6 is 0 Å². The predicted octanol–water partition coefficient (Wildman–Crippen LogP) is 2.14. The van der Waals surface area contributed by atoms with Crippen LogP contribution in [-0.2, 0) is 9.53 Å². The van der Waals surface area contributed by atoms with Gasteiger partial charge in [0.25, 0.3) is 17.5 Å². The average molecular weight is 391 g/mol. The van der Waals surface area contributed by atoms with E-state index in [2.05, 4.69) is 25.1 Å². The molecule has 2 aromatic heterocycles. The van der Waals surface area contributed by atoms with Gasteiger partial charge in [0.1, 0.15) is 5.75 Å². The van der Waals surface area contributed by atoms with Crippen molar-refractivity contribution in [1.29, 1.82) is 0 Å². The monoisotopic (exact) mass is 391 g/mol. The van der Waals surface area contributed by atoms with Gasteiger partial charge in [-0.2, -0.15) is 13.8 Å². The van der Waals surface area contributed by atoms with Gasteiger partial charge in [0.05, 0.1) is 5.69 Å². The lowest BCUT2D eigenvalue weighted by molar-refractivity contribution is -0.119. The van der Waals surface area contributed by atoms with E-state index in [0.717, 1.165) is 5.69 Å². The molecule has 3 rings (SSSR count). The summed E-state index contributed by atoms with van der Waals surface area (Å²) in [7, 11) is 0. The van der Waals surface area contributed by atoms with Crippen LogP contribution in [-0.4, -0.2) is 44.7 Å². The van der Waals surface area contributed by atoms with E-state index in [4.69, 9.17) is 4.74 Å². The maximum atomic E-state index is 12.4. The zero-order chi connectivity index (χ0) is 20.3. The maximum absolute atomic E-state index is 12.4. The molecule has 0 saturated carbocycles. The standard InChI is InChI=1S/C17H15F2N5O4/c1-9-7-10(2)24-17(20-9)22-14(23-24)15(26)27-8-13(25)21-11-5-3-4-6-12(11)28-16(18)19/h3-7,16H,8H2,1-2H3,(H,21,25). The summed E-state index contributed by atoms with van der Waals surface area (Å²) in [6.07, 6.45) is 0. The number of anilines is 1. The molecule has 0 atom stereocenters. The van der Waals surface area contributed by atoms with Crippen LogP contribution in [0.15, 0.2) is 30.3 Å². The van der Waals surface area contributed by atoms with Gasteiger partial charge < -0.3 is 14.8 Å². The number of esters is 1. The Kier molecular flexibility index (Phi) is 5.43. The molecular weight excluding hydrogens is 376 g/mol. The Labute approximate surface area is 157 Å². The summed E-state index contributed by atoms with van der Waals surface area (Å²) in [5.74, 6) is -1.90. The number of nitrogens with zero attached hydrogens (tertiary/aromatic N) is 4. The molecule has 0 spiro atoms. The molecule has 0 bridgehead atoms. The first-order valence-electron chi connectivity index (χ1n) is 8.05. The van der Waals surface area contributed by atoms with Crippen LogP contribution in [0.25, 0.3) is 5.78 Å². The van der Waals surface area contributed by atoms with Gasteiger partial charge in [0.2, 0.25) is 0 Å². The van der Waals surface area contributed by atoms with Crippen molar-refractivity contribution in [1.82, 2.24) is 19.6 Å². The number of rotatable bonds is 6. The van der Waals surface area contributed by atoms with Gasteiger partial charge in [0.15, 0.2) is 6.61 Å². The molecule has 0 saturated heterocycles. The molecule has 1 aromatic carbocycles. The normalized spacial score (nSPS) is 10.9. The molecule has 2 heterocycles. The lowest BCUT2D eigenvalue weighted by Gasteiger charge is -2.11. The quantitative estimate of drug-likeness (QED) is 0.642. The van der Waals surface area contributed by atoms with Gasteiger partial charge in [-0.05, 0) is 32.0 Å². The van der Waals surface area contributed by atoms with E-state index in [0.29, 0.717) is 5.69 Å². The zero-order valence-electron chi connectivity index (χ0n) is 14.8. The van der Waals surface area contributed by atoms with Crippen LogP contribution in [0.4, 0.5) is 14.5 Å². The number of carbonyl (C=O) groups is 2. The van der Waals surface area contributed by atoms with Crippen molar-refractivity contribution in [3.63, 3.8) is 0 Å². The fraction of sp³-hybridized carbons (Fsp3) is 0.235. The zero-order valence-corrected chi connectivity index (χ0v) is 14.8. The van der Waals surface area contributed by atoms with E-state index in [9.17, 15) is 18.4 Å². The van der Waals surface area contributed by atoms with Crippen LogP contribution in [0.5, 0.6) is 5.75 Å². The lowest BCUT2D eigenvalue weighted by atomic mass is 10.3. The van der Waals surface area contributed by atoms with Crippen molar-refractivity contribution < 1.29 is 27.8 Å². The van der Waals surface area contributed by atoms with Gasteiger partial charge in [-0.1, -0.05) is 12.1 Å². The van der Waals surface area contributed by atoms with Crippen molar-refractivity contribution in [3.05, 3.63) is 47.5 Å². The summed E-state index contributed by atoms with van der Waals surface area (Å²) >= 11 is 0. The molecule has 0 unspecified atom stereocenters. The molecule has 3 aromatic rings. The van der Waals surface area contributed by atoms with E-state index in [-0.39, 0.29) is 23.0 Å². The van der Waals surface area contributed by atoms with Crippen molar-refractivity contribution in [2.75, 3.05) is 11.9 Å². The van der Waals surface area contributed by atoms with Crippen LogP contribution in [0.2, 0.25) is 0 Å². The fourth-order valence-electron chi connectivity index (χ4n) is 2.40. The molecule has 28 heavy (non-hydrogen) atoms. The lowest BCUT2D eigenvalue weighted by Crippen LogP contribution is -2.22. The smallest absolute Gasteiger partial charge is 0.387 e. The number of carbonyl (C=O) groups excluding carboxylic acids is 2. The van der Waals surface area contributed by atoms with Crippen molar-refractivity contribution >= 4 is 23.3 Å². The van der Waals surface area contributed by atoms with Crippen LogP contribution in [0.1, 0.15) is 22.0 Å². The largest absolute Gasteiger partial charge is 0.450 e. The average Bonchev–Trinajstić information content (AvgIpc) is 3.05. The van der Waals surface area contributed by atoms with Crippen molar-refractivity contribution in [3.8, 4) is 5.75 Å². The van der Waals surface area contributed by atoms with Gasteiger partial charge in [-0.3, -0.25) is 4.79 Å². The first kappa shape index (κ1) is 19.1. The van der Waals surface area contributed by atoms with Crippen LogP contribution in [0, 0.1) is 13.8 Å². The van der Waals surface area contributed by atoms with Crippen molar-refractivity contribution in [2.45, 2.75) is 20.5 Å². The van der Waals surface area contributed by atoms with Crippen LogP contribution < -0.4 is 10.1 Å². The second kappa shape index (κ2) is 7.94. The number of aromatic nitrogens is 4. The highest BCUT2D eigenvalue weighted by molar-refractivity contribution is 5.95. The summed E-state index contributed by atoms with van der Waals surface area (Å²) in [5, 5.41) is 6.33. The van der Waals surface area contributed by atoms with Crippen LogP contribution in [0.3, 0.4) is 0 Å². The number of hydrogen-bond acceptors (Lipinski definition) is 7. The molecule has 0 fully saturated rings. The third-order valence-electron chi connectivity index (χ3n) is 3.51. The number of ether oxygens (including phenoxy) is 2. The number of nitrogens with one attached hydrogen (secondary N) is 1. The SMILES string of the molecule is Cc1cc(C)n2nc(C(=O)OCC(=O)Nc3ccccc3OC(F)F)nc2n1. The number of alkyl halides is 2. The van der Waals surface area contributed by atoms with Gasteiger partial charge >= 0.3 is 12.6 Å². The molecule has 0 aliphatic carbocycles. The fourth-order valence-corrected chi connectivity index (χ4v) is 2.40. The Bertz CT molecular complexity index is 1040. The molecule has 11 heteroatoms. The highest BCUT2D eigenvalue weighted by atomic mass is 19.3. The van der Waals surface area contributed by atoms with Gasteiger partial charge in [-0.15, -0.1) is 5.10 Å². The van der Waals surface area contributed by atoms with E-state index in [1.165, 1.54) is 28.8 Å². The van der Waals surface area contributed by atoms with E-state index in [1.807, 2.05) is 0 Å². The summed E-state index contributed by atoms with van der Waals surface area (Å²) in [5.41, 5.74) is 1.45. The molecule has 146 valence electrons. The minimum absolute atomic E-state index is 0.0185. The first-order valence-corrected chi connectivity index (χ1v) is 8.05. The van der Waals surface area contributed by atoms with Gasteiger partial charge in [-0.25, -0.2) is 14.3 Å². The highest BCUT2D eigenvalue weighted by Crippen LogP contribution is 2.25. The first-order chi connectivity index (χ1) is 13.3. The molecule has 1 amide bonds. The second-order valence-corrected chi connectivity index (χ2v) is 5.69. The van der Waals surface area contributed by atoms with E-state index >= 15 is 0 Å². The summed E-state index contributed by atoms with van der Waals surface area (Å²) in [6.45, 7) is -0.155. The summed E-state index contributed by atoms with van der Waals surface area (Å²) < 4.78 is 35.4. The predicted molar refractivity (Wildman–Crippen MR) is 92.2 cm³/mol. The third kappa shape index (κ3) is 4.37. The Hall–Kier alpha value is -3.63. The van der Waals surface area contributed by atoms with E-state index < -0.39 is 25.1 Å². The Morgan fingerprint density at radius 2 is 1.96 bits per heavy atom. The minimum Gasteiger partial charge on any atom is -0.450 e. The second-order valence-electron chi connectivity index (χ2n) is 5.69. The molecule has 0 aliphatic rings. The third-order valence-corrected chi connectivity index (χ3v) is 3.51. The minimum atomic E-state index is -3.04. The number of para-hydroxylation sites is 2. The van der Waals surface area contributed by atoms with Crippen molar-refractivity contribution in [2.24, 2.45) is 0 Å².